The molecule has 1 rings (SSSR count). The van der Waals surface area contributed by atoms with E-state index in [4.69, 9.17) is 0 Å². The smallest absolute Gasteiger partial charge is 0.127 e. The van der Waals surface area contributed by atoms with Crippen LogP contribution in [0, 0.1) is 5.82 Å². The summed E-state index contributed by atoms with van der Waals surface area (Å²) in [6.45, 7) is 1.58. The summed E-state index contributed by atoms with van der Waals surface area (Å²) in [6, 6.07) is 5.03. The van der Waals surface area contributed by atoms with Gasteiger partial charge in [0.25, 0.3) is 0 Å². The topological polar surface area (TPSA) is 3.24 Å². The van der Waals surface area contributed by atoms with E-state index >= 15 is 0 Å². The Labute approximate surface area is 104 Å². The van der Waals surface area contributed by atoms with Crippen molar-refractivity contribution in [2.24, 2.45) is 0 Å². The van der Waals surface area contributed by atoms with Crippen molar-refractivity contribution in [1.82, 2.24) is 4.90 Å². The Morgan fingerprint density at radius 1 is 1.47 bits per heavy atom. The lowest BCUT2D eigenvalue weighted by Gasteiger charge is -2.16. The van der Waals surface area contributed by atoms with Crippen molar-refractivity contribution in [3.63, 3.8) is 0 Å². The molecule has 0 heterocycles. The Morgan fingerprint density at radius 3 is 2.87 bits per heavy atom. The molecule has 0 spiro atoms. The zero-order chi connectivity index (χ0) is 11.3. The van der Waals surface area contributed by atoms with Gasteiger partial charge in [-0.3, -0.25) is 0 Å². The Hall–Kier alpha value is -0.0600. The van der Waals surface area contributed by atoms with Crippen molar-refractivity contribution >= 4 is 28.6 Å². The molecule has 1 aromatic rings. The zero-order valence-electron chi connectivity index (χ0n) is 8.71. The van der Waals surface area contributed by atoms with Gasteiger partial charge in [0.1, 0.15) is 5.82 Å². The van der Waals surface area contributed by atoms with Crippen LogP contribution in [-0.4, -0.2) is 24.2 Å². The van der Waals surface area contributed by atoms with Gasteiger partial charge in [0.05, 0.1) is 0 Å². The fourth-order valence-electron chi connectivity index (χ4n) is 1.37. The third-order valence-corrected chi connectivity index (χ3v) is 2.96. The average molecular weight is 292 g/mol. The molecule has 0 saturated carbocycles. The molecular formula is C11H15BrFNS. The molecule has 0 bridgehead atoms. The summed E-state index contributed by atoms with van der Waals surface area (Å²) in [5.74, 6) is 0.724. The minimum Gasteiger partial charge on any atom is -0.302 e. The van der Waals surface area contributed by atoms with Gasteiger partial charge in [-0.15, -0.1) is 0 Å². The number of rotatable bonds is 5. The SMILES string of the molecule is CN(CCCS)Cc1cc(Br)ccc1F. The minimum absolute atomic E-state index is 0.143. The molecule has 0 aliphatic heterocycles. The zero-order valence-corrected chi connectivity index (χ0v) is 11.2. The van der Waals surface area contributed by atoms with Gasteiger partial charge in [0, 0.05) is 16.6 Å². The quantitative estimate of drug-likeness (QED) is 0.815. The second-order valence-corrected chi connectivity index (χ2v) is 4.91. The molecule has 0 saturated heterocycles. The maximum atomic E-state index is 13.4. The maximum absolute atomic E-state index is 13.4. The molecule has 1 aromatic carbocycles. The van der Waals surface area contributed by atoms with Crippen molar-refractivity contribution < 1.29 is 4.39 Å². The first-order chi connectivity index (χ1) is 7.13. The standard InChI is InChI=1S/C11H15BrFNS/c1-14(5-2-6-15)8-9-7-10(12)3-4-11(9)13/h3-4,7,15H,2,5-6,8H2,1H3. The van der Waals surface area contributed by atoms with E-state index in [1.54, 1.807) is 6.07 Å². The molecule has 0 aliphatic rings. The lowest BCUT2D eigenvalue weighted by Crippen LogP contribution is -2.20. The first kappa shape index (κ1) is 13.0. The van der Waals surface area contributed by atoms with Gasteiger partial charge in [0.15, 0.2) is 0 Å². The monoisotopic (exact) mass is 291 g/mol. The highest BCUT2D eigenvalue weighted by atomic mass is 79.9. The normalized spacial score (nSPS) is 11.0. The third kappa shape index (κ3) is 4.53. The second-order valence-electron chi connectivity index (χ2n) is 3.55. The van der Waals surface area contributed by atoms with Gasteiger partial charge < -0.3 is 4.90 Å². The lowest BCUT2D eigenvalue weighted by atomic mass is 10.2. The van der Waals surface area contributed by atoms with Crippen molar-refractivity contribution in [3.8, 4) is 0 Å². The Balaban J connectivity index is 2.59. The highest BCUT2D eigenvalue weighted by Crippen LogP contribution is 2.16. The van der Waals surface area contributed by atoms with Crippen LogP contribution in [0.1, 0.15) is 12.0 Å². The van der Waals surface area contributed by atoms with Gasteiger partial charge in [-0.05, 0) is 44.0 Å². The van der Waals surface area contributed by atoms with Crippen LogP contribution in [-0.2, 0) is 6.54 Å². The van der Waals surface area contributed by atoms with Crippen molar-refractivity contribution in [3.05, 3.63) is 34.1 Å². The third-order valence-electron chi connectivity index (χ3n) is 2.15. The van der Waals surface area contributed by atoms with Gasteiger partial charge in [-0.2, -0.15) is 12.6 Å². The minimum atomic E-state index is -0.143. The molecule has 0 aromatic heterocycles. The largest absolute Gasteiger partial charge is 0.302 e. The van der Waals surface area contributed by atoms with Crippen LogP contribution in [0.3, 0.4) is 0 Å². The predicted molar refractivity (Wildman–Crippen MR) is 68.9 cm³/mol. The van der Waals surface area contributed by atoms with Crippen LogP contribution in [0.2, 0.25) is 0 Å². The fraction of sp³-hybridized carbons (Fsp3) is 0.455. The molecule has 84 valence electrons. The molecule has 4 heteroatoms. The highest BCUT2D eigenvalue weighted by molar-refractivity contribution is 9.10. The number of hydrogen-bond donors (Lipinski definition) is 1. The van der Waals surface area contributed by atoms with E-state index in [0.29, 0.717) is 6.54 Å². The first-order valence-corrected chi connectivity index (χ1v) is 6.29. The summed E-state index contributed by atoms with van der Waals surface area (Å²) in [5.41, 5.74) is 0.728. The molecule has 0 unspecified atom stereocenters. The fourth-order valence-corrected chi connectivity index (χ4v) is 1.92. The average Bonchev–Trinajstić information content (AvgIpc) is 2.20. The Bertz CT molecular complexity index is 319. The molecule has 15 heavy (non-hydrogen) atoms. The summed E-state index contributed by atoms with van der Waals surface area (Å²) in [6.07, 6.45) is 1.02. The summed E-state index contributed by atoms with van der Waals surface area (Å²) in [7, 11) is 1.99. The summed E-state index contributed by atoms with van der Waals surface area (Å²) in [4.78, 5) is 2.10. The first-order valence-electron chi connectivity index (χ1n) is 4.87. The Kier molecular flexibility index (Phi) is 5.64. The molecule has 0 radical (unpaired) electrons. The van der Waals surface area contributed by atoms with E-state index in [0.717, 1.165) is 28.8 Å². The molecule has 0 aliphatic carbocycles. The summed E-state index contributed by atoms with van der Waals surface area (Å²) >= 11 is 7.49. The van der Waals surface area contributed by atoms with E-state index < -0.39 is 0 Å². The van der Waals surface area contributed by atoms with Crippen molar-refractivity contribution in [2.45, 2.75) is 13.0 Å². The van der Waals surface area contributed by atoms with Crippen LogP contribution in [0.4, 0.5) is 4.39 Å². The molecule has 0 N–H and O–H groups in total. The van der Waals surface area contributed by atoms with E-state index in [-0.39, 0.29) is 5.82 Å². The van der Waals surface area contributed by atoms with E-state index in [9.17, 15) is 4.39 Å². The van der Waals surface area contributed by atoms with Crippen LogP contribution in [0.15, 0.2) is 22.7 Å². The number of nitrogens with zero attached hydrogens (tertiary/aromatic N) is 1. The summed E-state index contributed by atoms with van der Waals surface area (Å²) in [5, 5.41) is 0. The maximum Gasteiger partial charge on any atom is 0.127 e. The molecule has 0 atom stereocenters. The predicted octanol–water partition coefficient (Wildman–Crippen LogP) is 3.34. The summed E-state index contributed by atoms with van der Waals surface area (Å²) < 4.78 is 14.3. The number of halogens is 2. The van der Waals surface area contributed by atoms with Gasteiger partial charge in [0.2, 0.25) is 0 Å². The number of thiol groups is 1. The van der Waals surface area contributed by atoms with Crippen LogP contribution < -0.4 is 0 Å². The number of hydrogen-bond acceptors (Lipinski definition) is 2. The van der Waals surface area contributed by atoms with Gasteiger partial charge in [-0.25, -0.2) is 4.39 Å². The van der Waals surface area contributed by atoms with Gasteiger partial charge in [-0.1, -0.05) is 15.9 Å². The van der Waals surface area contributed by atoms with E-state index in [1.165, 1.54) is 6.07 Å². The molecule has 0 amide bonds. The van der Waals surface area contributed by atoms with Crippen LogP contribution >= 0.6 is 28.6 Å². The highest BCUT2D eigenvalue weighted by Gasteiger charge is 2.05. The lowest BCUT2D eigenvalue weighted by molar-refractivity contribution is 0.323. The van der Waals surface area contributed by atoms with Crippen molar-refractivity contribution in [2.75, 3.05) is 19.3 Å². The van der Waals surface area contributed by atoms with E-state index in [2.05, 4.69) is 33.5 Å². The molecule has 1 nitrogen and oxygen atoms in total. The van der Waals surface area contributed by atoms with Crippen molar-refractivity contribution in [1.29, 1.82) is 0 Å². The van der Waals surface area contributed by atoms with E-state index in [1.807, 2.05) is 13.1 Å². The molecule has 0 fully saturated rings. The number of benzene rings is 1. The Morgan fingerprint density at radius 2 is 2.20 bits per heavy atom. The molecular weight excluding hydrogens is 277 g/mol. The van der Waals surface area contributed by atoms with Crippen LogP contribution in [0.5, 0.6) is 0 Å². The van der Waals surface area contributed by atoms with Crippen LogP contribution in [0.25, 0.3) is 0 Å². The second kappa shape index (κ2) is 6.51. The van der Waals surface area contributed by atoms with Gasteiger partial charge >= 0.3 is 0 Å².